The third-order valence-corrected chi connectivity index (χ3v) is 4.23. The van der Waals surface area contributed by atoms with Gasteiger partial charge in [0, 0.05) is 13.1 Å². The number of nitrogens with two attached hydrogens (primary N) is 1. The molecule has 0 heterocycles. The molecule has 9 nitrogen and oxygen atoms in total. The first kappa shape index (κ1) is 27.1. The van der Waals surface area contributed by atoms with Gasteiger partial charge in [-0.05, 0) is 42.3 Å². The zero-order valence-corrected chi connectivity index (χ0v) is 21.1. The van der Waals surface area contributed by atoms with E-state index < -0.39 is 5.91 Å². The van der Waals surface area contributed by atoms with E-state index in [0.29, 0.717) is 48.6 Å². The van der Waals surface area contributed by atoms with Gasteiger partial charge in [-0.1, -0.05) is 12.1 Å². The number of rotatable bonds is 11. The number of methoxy groups -OCH3 is 3. The predicted molar refractivity (Wildman–Crippen MR) is 134 cm³/mol. The molecule has 10 heteroatoms. The molecule has 0 unspecified atom stereocenters. The Morgan fingerprint density at radius 1 is 1.00 bits per heavy atom. The van der Waals surface area contributed by atoms with E-state index in [4.69, 9.17) is 24.7 Å². The minimum absolute atomic E-state index is 0. The molecule has 0 saturated heterocycles. The van der Waals surface area contributed by atoms with E-state index in [2.05, 4.69) is 15.6 Å². The number of amides is 1. The number of halogens is 1. The summed E-state index contributed by atoms with van der Waals surface area (Å²) in [5.41, 5.74) is 7.00. The van der Waals surface area contributed by atoms with Crippen LogP contribution in [-0.2, 0) is 17.9 Å². The van der Waals surface area contributed by atoms with Gasteiger partial charge in [0.05, 0.1) is 27.9 Å². The molecule has 0 aromatic heterocycles. The van der Waals surface area contributed by atoms with Crippen molar-refractivity contribution in [1.82, 2.24) is 10.6 Å². The van der Waals surface area contributed by atoms with Crippen molar-refractivity contribution in [3.8, 4) is 23.0 Å². The van der Waals surface area contributed by atoms with E-state index in [1.165, 1.54) is 0 Å². The second-order valence-corrected chi connectivity index (χ2v) is 6.48. The Bertz CT molecular complexity index is 883. The van der Waals surface area contributed by atoms with Gasteiger partial charge in [0.1, 0.15) is 5.75 Å². The summed E-state index contributed by atoms with van der Waals surface area (Å²) in [4.78, 5) is 15.5. The van der Waals surface area contributed by atoms with E-state index in [9.17, 15) is 4.79 Å². The highest BCUT2D eigenvalue weighted by atomic mass is 127. The number of carbonyl (C=O) groups is 1. The van der Waals surface area contributed by atoms with Gasteiger partial charge in [0.15, 0.2) is 24.1 Å². The summed E-state index contributed by atoms with van der Waals surface area (Å²) in [5.74, 6) is 2.42. The molecular weight excluding hydrogens is 527 g/mol. The predicted octanol–water partition coefficient (Wildman–Crippen LogP) is 2.45. The maximum Gasteiger partial charge on any atom is 0.255 e. The third-order valence-electron chi connectivity index (χ3n) is 4.23. The topological polar surface area (TPSA) is 116 Å². The second-order valence-electron chi connectivity index (χ2n) is 6.48. The minimum Gasteiger partial charge on any atom is -0.493 e. The molecule has 176 valence electrons. The molecular formula is C22H31IN4O5. The monoisotopic (exact) mass is 558 g/mol. The van der Waals surface area contributed by atoms with Crippen LogP contribution < -0.4 is 35.3 Å². The Kier molecular flexibility index (Phi) is 12.1. The number of nitrogens with zero attached hydrogens (tertiary/aromatic N) is 1. The van der Waals surface area contributed by atoms with E-state index >= 15 is 0 Å². The third kappa shape index (κ3) is 8.33. The molecule has 0 fully saturated rings. The normalized spacial score (nSPS) is 10.6. The van der Waals surface area contributed by atoms with Gasteiger partial charge >= 0.3 is 0 Å². The van der Waals surface area contributed by atoms with Gasteiger partial charge in [0.25, 0.3) is 5.91 Å². The standard InChI is InChI=1S/C22H30N4O5.HI/c1-5-24-22(25-12-15-7-6-8-17(9-15)31-14-20(23)27)26-13-16-10-18(28-2)21(30-4)19(11-16)29-3;/h6-11H,5,12-14H2,1-4H3,(H2,23,27)(H2,24,25,26);1H. The lowest BCUT2D eigenvalue weighted by molar-refractivity contribution is -0.119. The average molecular weight is 558 g/mol. The van der Waals surface area contributed by atoms with Crippen molar-refractivity contribution in [1.29, 1.82) is 0 Å². The molecule has 0 radical (unpaired) electrons. The van der Waals surface area contributed by atoms with E-state index in [0.717, 1.165) is 11.1 Å². The Morgan fingerprint density at radius 3 is 2.25 bits per heavy atom. The zero-order chi connectivity index (χ0) is 22.6. The van der Waals surface area contributed by atoms with E-state index in [-0.39, 0.29) is 30.6 Å². The average Bonchev–Trinajstić information content (AvgIpc) is 2.78. The molecule has 4 N–H and O–H groups in total. The quantitative estimate of drug-likeness (QED) is 0.221. The lowest BCUT2D eigenvalue weighted by atomic mass is 10.2. The Hall–Kier alpha value is -2.89. The molecule has 32 heavy (non-hydrogen) atoms. The Morgan fingerprint density at radius 2 is 1.69 bits per heavy atom. The largest absolute Gasteiger partial charge is 0.493 e. The van der Waals surface area contributed by atoms with E-state index in [1.807, 2.05) is 37.3 Å². The van der Waals surface area contributed by atoms with Gasteiger partial charge in [-0.3, -0.25) is 4.79 Å². The molecule has 2 aromatic rings. The summed E-state index contributed by atoms with van der Waals surface area (Å²) in [7, 11) is 4.73. The van der Waals surface area contributed by atoms with Crippen LogP contribution in [0.1, 0.15) is 18.1 Å². The molecule has 0 spiro atoms. The van der Waals surface area contributed by atoms with Crippen LogP contribution in [0.15, 0.2) is 41.4 Å². The first-order valence-corrected chi connectivity index (χ1v) is 9.81. The van der Waals surface area contributed by atoms with Crippen molar-refractivity contribution >= 4 is 35.8 Å². The molecule has 1 amide bonds. The SMILES string of the molecule is CCNC(=NCc1cc(OC)c(OC)c(OC)c1)NCc1cccc(OCC(N)=O)c1.I. The minimum atomic E-state index is -0.517. The first-order chi connectivity index (χ1) is 15.0. The number of benzene rings is 2. The fraction of sp³-hybridized carbons (Fsp3) is 0.364. The molecule has 0 bridgehead atoms. The smallest absolute Gasteiger partial charge is 0.255 e. The van der Waals surface area contributed by atoms with Gasteiger partial charge in [0.2, 0.25) is 5.75 Å². The summed E-state index contributed by atoms with van der Waals surface area (Å²) in [6.45, 7) is 3.48. The lowest BCUT2D eigenvalue weighted by Gasteiger charge is -2.14. The van der Waals surface area contributed by atoms with Crippen LogP contribution in [0.2, 0.25) is 0 Å². The van der Waals surface area contributed by atoms with Crippen LogP contribution in [0.25, 0.3) is 0 Å². The molecule has 0 aliphatic rings. The highest BCUT2D eigenvalue weighted by Crippen LogP contribution is 2.38. The van der Waals surface area contributed by atoms with Gasteiger partial charge in [-0.2, -0.15) is 0 Å². The summed E-state index contributed by atoms with van der Waals surface area (Å²) >= 11 is 0. The van der Waals surface area contributed by atoms with Crippen molar-refractivity contribution in [2.24, 2.45) is 10.7 Å². The van der Waals surface area contributed by atoms with Crippen LogP contribution >= 0.6 is 24.0 Å². The van der Waals surface area contributed by atoms with Gasteiger partial charge < -0.3 is 35.3 Å². The fourth-order valence-corrected chi connectivity index (χ4v) is 2.82. The maximum absolute atomic E-state index is 10.9. The van der Waals surface area contributed by atoms with Crippen molar-refractivity contribution in [3.63, 3.8) is 0 Å². The van der Waals surface area contributed by atoms with Crippen LogP contribution in [0.3, 0.4) is 0 Å². The van der Waals surface area contributed by atoms with Crippen LogP contribution in [0, 0.1) is 0 Å². The van der Waals surface area contributed by atoms with E-state index in [1.54, 1.807) is 27.4 Å². The second kappa shape index (κ2) is 14.2. The molecule has 0 aliphatic heterocycles. The number of primary amides is 1. The summed E-state index contributed by atoms with van der Waals surface area (Å²) < 4.78 is 21.5. The Labute approximate surface area is 205 Å². The number of guanidine groups is 1. The van der Waals surface area contributed by atoms with Crippen molar-refractivity contribution in [2.75, 3.05) is 34.5 Å². The Balaban J connectivity index is 0.00000512. The molecule has 0 saturated carbocycles. The van der Waals surface area contributed by atoms with Crippen molar-refractivity contribution in [2.45, 2.75) is 20.0 Å². The maximum atomic E-state index is 10.9. The van der Waals surface area contributed by atoms with Gasteiger partial charge in [-0.25, -0.2) is 4.99 Å². The fourth-order valence-electron chi connectivity index (χ4n) is 2.82. The van der Waals surface area contributed by atoms with Crippen molar-refractivity contribution in [3.05, 3.63) is 47.5 Å². The molecule has 0 aliphatic carbocycles. The highest BCUT2D eigenvalue weighted by Gasteiger charge is 2.13. The summed E-state index contributed by atoms with van der Waals surface area (Å²) in [6, 6.07) is 11.2. The van der Waals surface area contributed by atoms with Crippen LogP contribution in [0.5, 0.6) is 23.0 Å². The summed E-state index contributed by atoms with van der Waals surface area (Å²) in [6.07, 6.45) is 0. The number of hydrogen-bond donors (Lipinski definition) is 3. The van der Waals surface area contributed by atoms with Gasteiger partial charge in [-0.15, -0.1) is 24.0 Å². The van der Waals surface area contributed by atoms with Crippen molar-refractivity contribution < 1.29 is 23.7 Å². The zero-order valence-electron chi connectivity index (χ0n) is 18.8. The molecule has 0 atom stereocenters. The number of nitrogens with one attached hydrogen (secondary N) is 2. The molecule has 2 rings (SSSR count). The number of ether oxygens (including phenoxy) is 4. The highest BCUT2D eigenvalue weighted by molar-refractivity contribution is 14.0. The number of hydrogen-bond acceptors (Lipinski definition) is 6. The first-order valence-electron chi connectivity index (χ1n) is 9.81. The van der Waals surface area contributed by atoms with Crippen LogP contribution in [-0.4, -0.2) is 46.3 Å². The summed E-state index contributed by atoms with van der Waals surface area (Å²) in [5, 5.41) is 6.50. The van der Waals surface area contributed by atoms with Crippen LogP contribution in [0.4, 0.5) is 0 Å². The number of carbonyl (C=O) groups excluding carboxylic acids is 1. The lowest BCUT2D eigenvalue weighted by Crippen LogP contribution is -2.36. The molecule has 2 aromatic carbocycles. The number of aliphatic imine (C=N–C) groups is 1.